The summed E-state index contributed by atoms with van der Waals surface area (Å²) < 4.78 is 26.4. The minimum absolute atomic E-state index is 0.215. The van der Waals surface area contributed by atoms with Gasteiger partial charge in [0.15, 0.2) is 0 Å². The first-order chi connectivity index (χ1) is 9.95. The van der Waals surface area contributed by atoms with E-state index in [0.29, 0.717) is 5.02 Å². The van der Waals surface area contributed by atoms with Crippen molar-refractivity contribution < 1.29 is 8.42 Å². The zero-order valence-electron chi connectivity index (χ0n) is 11.5. The van der Waals surface area contributed by atoms with E-state index >= 15 is 0 Å². The highest BCUT2D eigenvalue weighted by molar-refractivity contribution is 7.89. The van der Waals surface area contributed by atoms with Gasteiger partial charge in [-0.2, -0.15) is 4.31 Å². The average Bonchev–Trinajstić information content (AvgIpc) is 2.49. The second-order valence-electron chi connectivity index (χ2n) is 4.63. The summed E-state index contributed by atoms with van der Waals surface area (Å²) in [7, 11) is -2.04. The van der Waals surface area contributed by atoms with Gasteiger partial charge in [-0.3, -0.25) is 0 Å². The first-order valence-corrected chi connectivity index (χ1v) is 8.65. The van der Waals surface area contributed by atoms with Crippen LogP contribution in [0.4, 0.5) is 0 Å². The molecular formula is C15H15Cl2NO2S. The Hall–Kier alpha value is -1.07. The van der Waals surface area contributed by atoms with Crippen LogP contribution in [-0.4, -0.2) is 19.8 Å². The van der Waals surface area contributed by atoms with Crippen molar-refractivity contribution in [3.63, 3.8) is 0 Å². The lowest BCUT2D eigenvalue weighted by Gasteiger charge is -2.18. The molecule has 0 spiro atoms. The van der Waals surface area contributed by atoms with Gasteiger partial charge in [-0.1, -0.05) is 41.9 Å². The van der Waals surface area contributed by atoms with Crippen LogP contribution in [0.5, 0.6) is 0 Å². The molecule has 0 aliphatic carbocycles. The smallest absolute Gasteiger partial charge is 0.207 e. The molecule has 0 atom stereocenters. The second-order valence-corrected chi connectivity index (χ2v) is 7.35. The molecule has 0 fully saturated rings. The molecule has 0 saturated carbocycles. The van der Waals surface area contributed by atoms with Crippen molar-refractivity contribution >= 4 is 33.2 Å². The van der Waals surface area contributed by atoms with Gasteiger partial charge in [0.25, 0.3) is 0 Å². The van der Waals surface area contributed by atoms with Crippen molar-refractivity contribution in [2.75, 3.05) is 7.05 Å². The maximum atomic E-state index is 12.6. The molecular weight excluding hydrogens is 329 g/mol. The van der Waals surface area contributed by atoms with Crippen LogP contribution in [0.1, 0.15) is 11.1 Å². The molecule has 0 aromatic heterocycles. The van der Waals surface area contributed by atoms with E-state index in [-0.39, 0.29) is 17.3 Å². The van der Waals surface area contributed by atoms with Crippen LogP contribution in [0.2, 0.25) is 5.02 Å². The molecule has 0 heterocycles. The molecule has 2 aromatic carbocycles. The number of benzene rings is 2. The topological polar surface area (TPSA) is 37.4 Å². The lowest BCUT2D eigenvalue weighted by molar-refractivity contribution is 0.467. The Bertz CT molecular complexity index is 732. The Morgan fingerprint density at radius 3 is 2.48 bits per heavy atom. The van der Waals surface area contributed by atoms with Gasteiger partial charge in [0.1, 0.15) is 0 Å². The zero-order chi connectivity index (χ0) is 15.5. The molecule has 0 saturated heterocycles. The fourth-order valence-electron chi connectivity index (χ4n) is 1.92. The molecule has 2 aromatic rings. The molecule has 2 rings (SSSR count). The summed E-state index contributed by atoms with van der Waals surface area (Å²) in [6.45, 7) is 0.215. The Balaban J connectivity index is 2.28. The van der Waals surface area contributed by atoms with Crippen LogP contribution >= 0.6 is 23.2 Å². The fraction of sp³-hybridized carbons (Fsp3) is 0.200. The lowest BCUT2D eigenvalue weighted by atomic mass is 10.2. The van der Waals surface area contributed by atoms with Crippen LogP contribution in [0.25, 0.3) is 0 Å². The summed E-state index contributed by atoms with van der Waals surface area (Å²) >= 11 is 11.8. The largest absolute Gasteiger partial charge is 0.243 e. The number of sulfonamides is 1. The molecule has 0 N–H and O–H groups in total. The highest BCUT2D eigenvalue weighted by atomic mass is 35.5. The summed E-state index contributed by atoms with van der Waals surface area (Å²) in [6.07, 6.45) is 0. The van der Waals surface area contributed by atoms with Crippen molar-refractivity contribution in [3.8, 4) is 0 Å². The SMILES string of the molecule is CN(Cc1ccccc1Cl)S(=O)(=O)c1cccc(CCl)c1. The van der Waals surface area contributed by atoms with E-state index in [1.807, 2.05) is 18.2 Å². The molecule has 112 valence electrons. The van der Waals surface area contributed by atoms with E-state index in [1.54, 1.807) is 30.3 Å². The van der Waals surface area contributed by atoms with Crippen molar-refractivity contribution in [2.24, 2.45) is 0 Å². The third-order valence-electron chi connectivity index (χ3n) is 3.11. The zero-order valence-corrected chi connectivity index (χ0v) is 13.8. The number of nitrogens with zero attached hydrogens (tertiary/aromatic N) is 1. The van der Waals surface area contributed by atoms with Crippen molar-refractivity contribution in [1.29, 1.82) is 0 Å². The predicted octanol–water partition coefficient (Wildman–Crippen LogP) is 3.90. The van der Waals surface area contributed by atoms with Gasteiger partial charge in [-0.05, 0) is 29.3 Å². The van der Waals surface area contributed by atoms with E-state index in [1.165, 1.54) is 11.4 Å². The number of alkyl halides is 1. The average molecular weight is 344 g/mol. The first-order valence-electron chi connectivity index (χ1n) is 6.30. The molecule has 3 nitrogen and oxygen atoms in total. The van der Waals surface area contributed by atoms with E-state index < -0.39 is 10.0 Å². The summed E-state index contributed by atoms with van der Waals surface area (Å²) in [5, 5.41) is 0.550. The highest BCUT2D eigenvalue weighted by Gasteiger charge is 2.21. The number of hydrogen-bond donors (Lipinski definition) is 0. The first kappa shape index (κ1) is 16.3. The van der Waals surface area contributed by atoms with Crippen molar-refractivity contribution in [1.82, 2.24) is 4.31 Å². The van der Waals surface area contributed by atoms with Gasteiger partial charge in [0, 0.05) is 24.5 Å². The maximum Gasteiger partial charge on any atom is 0.243 e. The Kier molecular flexibility index (Phi) is 5.27. The monoisotopic (exact) mass is 343 g/mol. The van der Waals surface area contributed by atoms with Crippen molar-refractivity contribution in [2.45, 2.75) is 17.3 Å². The third kappa shape index (κ3) is 3.77. The standard InChI is InChI=1S/C15H15Cl2NO2S/c1-18(11-13-6-2-3-8-15(13)17)21(19,20)14-7-4-5-12(9-14)10-16/h2-9H,10-11H2,1H3. The van der Waals surface area contributed by atoms with Gasteiger partial charge in [0.2, 0.25) is 10.0 Å². The molecule has 0 unspecified atom stereocenters. The van der Waals surface area contributed by atoms with E-state index in [4.69, 9.17) is 23.2 Å². The second kappa shape index (κ2) is 6.79. The minimum Gasteiger partial charge on any atom is -0.207 e. The molecule has 0 aliphatic heterocycles. The van der Waals surface area contributed by atoms with Crippen LogP contribution in [0.3, 0.4) is 0 Å². The lowest BCUT2D eigenvalue weighted by Crippen LogP contribution is -2.26. The van der Waals surface area contributed by atoms with E-state index in [0.717, 1.165) is 11.1 Å². The summed E-state index contributed by atoms with van der Waals surface area (Å²) in [5.41, 5.74) is 1.53. The Labute approximate surface area is 135 Å². The number of halogens is 2. The number of hydrogen-bond acceptors (Lipinski definition) is 2. The van der Waals surface area contributed by atoms with Gasteiger partial charge in [-0.15, -0.1) is 11.6 Å². The predicted molar refractivity (Wildman–Crippen MR) is 86.1 cm³/mol. The molecule has 21 heavy (non-hydrogen) atoms. The van der Waals surface area contributed by atoms with Gasteiger partial charge >= 0.3 is 0 Å². The minimum atomic E-state index is -3.57. The molecule has 0 aliphatic rings. The van der Waals surface area contributed by atoms with Gasteiger partial charge in [0.05, 0.1) is 4.90 Å². The van der Waals surface area contributed by atoms with E-state index in [2.05, 4.69) is 0 Å². The van der Waals surface area contributed by atoms with Crippen LogP contribution in [0.15, 0.2) is 53.4 Å². The van der Waals surface area contributed by atoms with Gasteiger partial charge < -0.3 is 0 Å². The van der Waals surface area contributed by atoms with Gasteiger partial charge in [-0.25, -0.2) is 8.42 Å². The van der Waals surface area contributed by atoms with Crippen LogP contribution in [-0.2, 0) is 22.4 Å². The summed E-state index contributed by atoms with van der Waals surface area (Å²) in [6, 6.07) is 13.8. The fourth-order valence-corrected chi connectivity index (χ4v) is 3.50. The highest BCUT2D eigenvalue weighted by Crippen LogP contribution is 2.22. The molecule has 0 amide bonds. The summed E-state index contributed by atoms with van der Waals surface area (Å²) in [4.78, 5) is 0.232. The summed E-state index contributed by atoms with van der Waals surface area (Å²) in [5.74, 6) is 0.275. The maximum absolute atomic E-state index is 12.6. The third-order valence-corrected chi connectivity index (χ3v) is 5.59. The Morgan fingerprint density at radius 1 is 1.10 bits per heavy atom. The van der Waals surface area contributed by atoms with Crippen molar-refractivity contribution in [3.05, 3.63) is 64.7 Å². The Morgan fingerprint density at radius 2 is 1.81 bits per heavy atom. The molecule has 0 radical (unpaired) electrons. The van der Waals surface area contributed by atoms with Crippen LogP contribution < -0.4 is 0 Å². The number of rotatable bonds is 5. The van der Waals surface area contributed by atoms with Crippen LogP contribution in [0, 0.1) is 0 Å². The molecule has 0 bridgehead atoms. The quantitative estimate of drug-likeness (QED) is 0.772. The normalized spacial score (nSPS) is 11.8. The van der Waals surface area contributed by atoms with E-state index in [9.17, 15) is 8.42 Å². The molecule has 6 heteroatoms.